The second kappa shape index (κ2) is 10.1. The molecule has 0 N–H and O–H groups in total. The summed E-state index contributed by atoms with van der Waals surface area (Å²) in [6.07, 6.45) is 5.64. The number of aromatic nitrogens is 3. The molecule has 0 spiro atoms. The van der Waals surface area contributed by atoms with Crippen molar-refractivity contribution in [3.8, 4) is 11.1 Å². The highest BCUT2D eigenvalue weighted by Gasteiger charge is 2.54. The fraction of sp³-hybridized carbons (Fsp3) is 0.438. The van der Waals surface area contributed by atoms with E-state index >= 15 is 0 Å². The van der Waals surface area contributed by atoms with E-state index in [0.29, 0.717) is 25.0 Å². The van der Waals surface area contributed by atoms with Gasteiger partial charge in [-0.15, -0.1) is 11.3 Å². The van der Waals surface area contributed by atoms with Gasteiger partial charge in [-0.25, -0.2) is 9.37 Å². The van der Waals surface area contributed by atoms with Crippen molar-refractivity contribution < 1.29 is 18.4 Å². The van der Waals surface area contributed by atoms with Crippen LogP contribution in [-0.4, -0.2) is 34.2 Å². The van der Waals surface area contributed by atoms with Gasteiger partial charge in [0.25, 0.3) is 5.89 Å². The smallest absolute Gasteiger partial charge is 0.258 e. The van der Waals surface area contributed by atoms with Gasteiger partial charge >= 0.3 is 0 Å². The fourth-order valence-corrected chi connectivity index (χ4v) is 7.15. The Labute approximate surface area is 242 Å². The highest BCUT2D eigenvalue weighted by molar-refractivity contribution is 7.18. The zero-order valence-corrected chi connectivity index (χ0v) is 24.0. The van der Waals surface area contributed by atoms with Gasteiger partial charge in [-0.3, -0.25) is 4.79 Å². The summed E-state index contributed by atoms with van der Waals surface area (Å²) in [4.78, 5) is 24.7. The van der Waals surface area contributed by atoms with Crippen LogP contribution in [0.25, 0.3) is 21.3 Å². The number of halogens is 1. The van der Waals surface area contributed by atoms with E-state index < -0.39 is 11.4 Å². The number of fused-ring (bicyclic) bond motifs is 4. The first-order chi connectivity index (χ1) is 19.8. The third kappa shape index (κ3) is 5.10. The summed E-state index contributed by atoms with van der Waals surface area (Å²) >= 11 is 1.67. The lowest BCUT2D eigenvalue weighted by Gasteiger charge is -2.52. The maximum Gasteiger partial charge on any atom is 0.258 e. The van der Waals surface area contributed by atoms with Crippen molar-refractivity contribution in [3.63, 3.8) is 0 Å². The molecule has 2 bridgehead atoms. The van der Waals surface area contributed by atoms with E-state index in [0.717, 1.165) is 76.4 Å². The molecule has 7 nitrogen and oxygen atoms in total. The number of ether oxygens (including phenoxy) is 1. The normalized spacial score (nSPS) is 23.7. The number of amides is 1. The number of hydrogen-bond donors (Lipinski definition) is 0. The Morgan fingerprint density at radius 2 is 1.90 bits per heavy atom. The summed E-state index contributed by atoms with van der Waals surface area (Å²) in [5.41, 5.74) is 3.16. The molecule has 2 aromatic heterocycles. The Morgan fingerprint density at radius 3 is 2.63 bits per heavy atom. The predicted molar refractivity (Wildman–Crippen MR) is 156 cm³/mol. The van der Waals surface area contributed by atoms with Crippen LogP contribution in [-0.2, 0) is 15.1 Å². The van der Waals surface area contributed by atoms with Crippen LogP contribution in [0.3, 0.4) is 0 Å². The maximum atomic E-state index is 13.6. The number of allylic oxidation sites excluding steroid dienone is 1. The minimum Gasteiger partial charge on any atom is -0.364 e. The lowest BCUT2D eigenvalue weighted by atomic mass is 9.65. The van der Waals surface area contributed by atoms with Crippen LogP contribution < -0.4 is 4.90 Å². The zero-order chi connectivity index (χ0) is 28.2. The maximum absolute atomic E-state index is 13.6. The van der Waals surface area contributed by atoms with Crippen LogP contribution in [0.5, 0.6) is 0 Å². The van der Waals surface area contributed by atoms with Gasteiger partial charge in [0.05, 0.1) is 27.7 Å². The molecular formula is C32H33FN4O3S. The van der Waals surface area contributed by atoms with Crippen LogP contribution in [0.4, 0.5) is 10.1 Å². The summed E-state index contributed by atoms with van der Waals surface area (Å²) in [5.74, 6) is 1.24. The molecule has 2 aliphatic heterocycles. The summed E-state index contributed by atoms with van der Waals surface area (Å²) in [7, 11) is 0. The molecular weight excluding hydrogens is 539 g/mol. The first-order valence-electron chi connectivity index (χ1n) is 14.4. The van der Waals surface area contributed by atoms with Gasteiger partial charge in [0.15, 0.2) is 5.82 Å². The molecule has 8 rings (SSSR count). The molecule has 0 radical (unpaired) electrons. The minimum absolute atomic E-state index is 0.0174. The number of hydrogen-bond acceptors (Lipinski definition) is 7. The highest BCUT2D eigenvalue weighted by atomic mass is 32.1. The van der Waals surface area contributed by atoms with Gasteiger partial charge < -0.3 is 14.2 Å². The molecule has 2 saturated heterocycles. The molecule has 212 valence electrons. The van der Waals surface area contributed by atoms with Crippen molar-refractivity contribution >= 4 is 33.1 Å². The number of nitrogens with zero attached hydrogens (tertiary/aromatic N) is 4. The first-order valence-corrected chi connectivity index (χ1v) is 15.2. The van der Waals surface area contributed by atoms with Crippen LogP contribution in [0.1, 0.15) is 74.0 Å². The van der Waals surface area contributed by atoms with Gasteiger partial charge in [-0.1, -0.05) is 29.9 Å². The van der Waals surface area contributed by atoms with E-state index in [1.165, 1.54) is 0 Å². The van der Waals surface area contributed by atoms with Crippen molar-refractivity contribution in [2.75, 3.05) is 18.1 Å². The lowest BCUT2D eigenvalue weighted by Crippen LogP contribution is -2.54. The topological polar surface area (TPSA) is 81.4 Å². The molecule has 4 fully saturated rings. The van der Waals surface area contributed by atoms with Crippen molar-refractivity contribution in [1.82, 2.24) is 15.1 Å². The number of benzene rings is 2. The lowest BCUT2D eigenvalue weighted by molar-refractivity contribution is -0.198. The Balaban J connectivity index is 1.15. The van der Waals surface area contributed by atoms with Gasteiger partial charge in [-0.2, -0.15) is 4.98 Å². The van der Waals surface area contributed by atoms with Gasteiger partial charge in [0, 0.05) is 36.4 Å². The predicted octanol–water partition coefficient (Wildman–Crippen LogP) is 7.61. The fourth-order valence-electron chi connectivity index (χ4n) is 6.28. The molecule has 0 unspecified atom stereocenters. The third-order valence-electron chi connectivity index (χ3n) is 8.94. The molecule has 2 saturated carbocycles. The molecule has 4 heterocycles. The second-order valence-electron chi connectivity index (χ2n) is 12.0. The molecule has 2 aliphatic carbocycles. The SMILES string of the molecule is C=C(F)CCC(=O)N(CC12CCC(c3nc(C4CC4)no3)(CC1)OC2)c1cccc(-c2ccc3nc(C)sc3c2)c1. The Bertz CT molecular complexity index is 1620. The summed E-state index contributed by atoms with van der Waals surface area (Å²) in [6.45, 7) is 6.39. The Kier molecular flexibility index (Phi) is 6.54. The molecule has 2 aromatic carbocycles. The molecule has 9 heteroatoms. The Hall–Kier alpha value is -3.43. The number of thiazole rings is 1. The average Bonchev–Trinajstić information content (AvgIpc) is 3.58. The number of carbonyl (C=O) groups excluding carboxylic acids is 1. The van der Waals surface area contributed by atoms with Crippen LogP contribution >= 0.6 is 11.3 Å². The summed E-state index contributed by atoms with van der Waals surface area (Å²) in [5, 5.41) is 5.25. The minimum atomic E-state index is -0.531. The monoisotopic (exact) mass is 572 g/mol. The number of aryl methyl sites for hydroxylation is 1. The molecule has 1 amide bonds. The zero-order valence-electron chi connectivity index (χ0n) is 23.2. The average molecular weight is 573 g/mol. The van der Waals surface area contributed by atoms with E-state index in [4.69, 9.17) is 14.2 Å². The van der Waals surface area contributed by atoms with Gasteiger partial charge in [-0.05, 0) is 80.8 Å². The van der Waals surface area contributed by atoms with Crippen molar-refractivity contribution in [2.24, 2.45) is 5.41 Å². The molecule has 4 aliphatic rings. The van der Waals surface area contributed by atoms with Gasteiger partial charge in [0.1, 0.15) is 5.60 Å². The van der Waals surface area contributed by atoms with E-state index in [-0.39, 0.29) is 24.2 Å². The summed E-state index contributed by atoms with van der Waals surface area (Å²) in [6, 6.07) is 14.3. The van der Waals surface area contributed by atoms with E-state index in [1.54, 1.807) is 11.3 Å². The van der Waals surface area contributed by atoms with Crippen LogP contribution in [0.2, 0.25) is 0 Å². The standard InChI is InChI=1S/C32H33FN4O3S/c1-20(33)6-11-28(38)37(25-5-3-4-23(16-25)24-9-10-26-27(17-24)41-21(2)34-26)18-31-12-14-32(15-13-31,39-19-31)30-35-29(36-40-30)22-7-8-22/h3-5,9-10,16-17,22H,1,6-8,11-15,18-19H2,2H3. The van der Waals surface area contributed by atoms with Gasteiger partial charge in [0.2, 0.25) is 5.91 Å². The third-order valence-corrected chi connectivity index (χ3v) is 9.87. The number of carbonyl (C=O) groups is 1. The Morgan fingerprint density at radius 1 is 1.10 bits per heavy atom. The molecule has 4 aromatic rings. The molecule has 41 heavy (non-hydrogen) atoms. The first kappa shape index (κ1) is 26.5. The molecule has 0 atom stereocenters. The van der Waals surface area contributed by atoms with E-state index in [9.17, 15) is 9.18 Å². The highest BCUT2D eigenvalue weighted by Crippen LogP contribution is 2.54. The van der Waals surface area contributed by atoms with Crippen LogP contribution in [0.15, 0.2) is 59.4 Å². The van der Waals surface area contributed by atoms with Crippen molar-refractivity contribution in [1.29, 1.82) is 0 Å². The van der Waals surface area contributed by atoms with Crippen LogP contribution in [0, 0.1) is 12.3 Å². The quantitative estimate of drug-likeness (QED) is 0.205. The van der Waals surface area contributed by atoms with E-state index in [2.05, 4.69) is 41.0 Å². The largest absolute Gasteiger partial charge is 0.364 e. The van der Waals surface area contributed by atoms with Crippen molar-refractivity contribution in [2.45, 2.75) is 69.8 Å². The van der Waals surface area contributed by atoms with E-state index in [1.807, 2.05) is 30.0 Å². The second-order valence-corrected chi connectivity index (χ2v) is 13.2. The van der Waals surface area contributed by atoms with Crippen molar-refractivity contribution in [3.05, 3.63) is 71.6 Å². The number of rotatable bonds is 9. The number of anilines is 1. The summed E-state index contributed by atoms with van der Waals surface area (Å²) < 4.78 is 26.9.